The average Bonchev–Trinajstić information content (AvgIpc) is 3.11. The fraction of sp³-hybridized carbons (Fsp3) is 0.368. The lowest BCUT2D eigenvalue weighted by molar-refractivity contribution is 0.553. The van der Waals surface area contributed by atoms with E-state index in [2.05, 4.69) is 61.5 Å². The van der Waals surface area contributed by atoms with E-state index in [1.807, 2.05) is 31.8 Å². The minimum atomic E-state index is -0.0320. The Balaban J connectivity index is 1.77. The molecule has 7 nitrogen and oxygen atoms in total. The summed E-state index contributed by atoms with van der Waals surface area (Å²) in [5.41, 5.74) is 3.10. The summed E-state index contributed by atoms with van der Waals surface area (Å²) in [4.78, 5) is 15.4. The SMILES string of the molecule is CCCn1ncnc1C(C)Nc1nccc(-c2ccc(N(C)C)cc2)n1. The van der Waals surface area contributed by atoms with E-state index in [1.165, 1.54) is 0 Å². The maximum absolute atomic E-state index is 4.65. The van der Waals surface area contributed by atoms with Gasteiger partial charge in [-0.1, -0.05) is 19.1 Å². The molecule has 26 heavy (non-hydrogen) atoms. The maximum Gasteiger partial charge on any atom is 0.223 e. The Hall–Kier alpha value is -2.96. The molecule has 136 valence electrons. The Morgan fingerprint density at radius 1 is 1.12 bits per heavy atom. The highest BCUT2D eigenvalue weighted by molar-refractivity contribution is 5.63. The zero-order chi connectivity index (χ0) is 18.5. The van der Waals surface area contributed by atoms with E-state index in [1.54, 1.807) is 12.5 Å². The van der Waals surface area contributed by atoms with Crippen molar-refractivity contribution in [2.24, 2.45) is 0 Å². The molecule has 1 N–H and O–H groups in total. The van der Waals surface area contributed by atoms with Crippen LogP contribution in [0.2, 0.25) is 0 Å². The van der Waals surface area contributed by atoms with Crippen LogP contribution in [-0.4, -0.2) is 38.8 Å². The van der Waals surface area contributed by atoms with Crippen molar-refractivity contribution in [2.45, 2.75) is 32.9 Å². The van der Waals surface area contributed by atoms with E-state index in [0.717, 1.165) is 35.7 Å². The number of rotatable bonds is 7. The van der Waals surface area contributed by atoms with E-state index in [4.69, 9.17) is 0 Å². The molecule has 7 heteroatoms. The molecule has 0 aliphatic heterocycles. The van der Waals surface area contributed by atoms with Crippen LogP contribution in [0.5, 0.6) is 0 Å². The molecule has 3 rings (SSSR count). The number of hydrogen-bond donors (Lipinski definition) is 1. The molecule has 0 radical (unpaired) electrons. The van der Waals surface area contributed by atoms with Gasteiger partial charge in [0.1, 0.15) is 12.2 Å². The van der Waals surface area contributed by atoms with Gasteiger partial charge in [0.25, 0.3) is 0 Å². The van der Waals surface area contributed by atoms with Gasteiger partial charge in [-0.3, -0.25) is 0 Å². The highest BCUT2D eigenvalue weighted by Gasteiger charge is 2.14. The van der Waals surface area contributed by atoms with Crippen LogP contribution in [-0.2, 0) is 6.54 Å². The quantitative estimate of drug-likeness (QED) is 0.703. The molecule has 0 spiro atoms. The molecule has 0 aliphatic rings. The van der Waals surface area contributed by atoms with Gasteiger partial charge in [-0.2, -0.15) is 5.10 Å². The van der Waals surface area contributed by atoms with Crippen molar-refractivity contribution < 1.29 is 0 Å². The predicted octanol–water partition coefficient (Wildman–Crippen LogP) is 3.38. The van der Waals surface area contributed by atoms with Gasteiger partial charge in [0.05, 0.1) is 11.7 Å². The molecule has 1 aromatic carbocycles. The van der Waals surface area contributed by atoms with Crippen molar-refractivity contribution in [2.75, 3.05) is 24.3 Å². The van der Waals surface area contributed by atoms with E-state index in [9.17, 15) is 0 Å². The van der Waals surface area contributed by atoms with Crippen LogP contribution in [0.15, 0.2) is 42.9 Å². The first-order valence-corrected chi connectivity index (χ1v) is 8.83. The number of aromatic nitrogens is 5. The van der Waals surface area contributed by atoms with E-state index < -0.39 is 0 Å². The van der Waals surface area contributed by atoms with Gasteiger partial charge in [0.15, 0.2) is 0 Å². The second-order valence-electron chi connectivity index (χ2n) is 6.41. The van der Waals surface area contributed by atoms with E-state index in [0.29, 0.717) is 5.95 Å². The van der Waals surface area contributed by atoms with Crippen LogP contribution in [0.3, 0.4) is 0 Å². The first-order chi connectivity index (χ1) is 12.6. The molecule has 1 atom stereocenters. The summed E-state index contributed by atoms with van der Waals surface area (Å²) >= 11 is 0. The van der Waals surface area contributed by atoms with Gasteiger partial charge >= 0.3 is 0 Å². The lowest BCUT2D eigenvalue weighted by Crippen LogP contribution is -2.16. The highest BCUT2D eigenvalue weighted by Crippen LogP contribution is 2.22. The topological polar surface area (TPSA) is 71.8 Å². The summed E-state index contributed by atoms with van der Waals surface area (Å²) in [5.74, 6) is 1.47. The van der Waals surface area contributed by atoms with Gasteiger partial charge < -0.3 is 10.2 Å². The van der Waals surface area contributed by atoms with Crippen molar-refractivity contribution in [1.82, 2.24) is 24.7 Å². The Kier molecular flexibility index (Phi) is 5.46. The van der Waals surface area contributed by atoms with Gasteiger partial charge in [0.2, 0.25) is 5.95 Å². The average molecular weight is 351 g/mol. The lowest BCUT2D eigenvalue weighted by atomic mass is 10.1. The molecule has 0 saturated carbocycles. The summed E-state index contributed by atoms with van der Waals surface area (Å²) < 4.78 is 1.92. The molecule has 0 saturated heterocycles. The summed E-state index contributed by atoms with van der Waals surface area (Å²) in [7, 11) is 4.06. The van der Waals surface area contributed by atoms with Gasteiger partial charge in [0, 0.05) is 38.1 Å². The molecule has 0 bridgehead atoms. The summed E-state index contributed by atoms with van der Waals surface area (Å²) in [6, 6.07) is 10.2. The normalized spacial score (nSPS) is 12.0. The number of aryl methyl sites for hydroxylation is 1. The van der Waals surface area contributed by atoms with Crippen LogP contribution in [0.25, 0.3) is 11.3 Å². The largest absolute Gasteiger partial charge is 0.378 e. The Morgan fingerprint density at radius 2 is 1.88 bits per heavy atom. The molecular weight excluding hydrogens is 326 g/mol. The second kappa shape index (κ2) is 7.95. The van der Waals surface area contributed by atoms with Gasteiger partial charge in [-0.15, -0.1) is 0 Å². The molecule has 0 amide bonds. The molecular formula is C19H25N7. The van der Waals surface area contributed by atoms with Crippen molar-refractivity contribution in [3.05, 3.63) is 48.7 Å². The Bertz CT molecular complexity index is 839. The summed E-state index contributed by atoms with van der Waals surface area (Å²) in [6.45, 7) is 5.01. The van der Waals surface area contributed by atoms with Crippen molar-refractivity contribution in [3.63, 3.8) is 0 Å². The number of benzene rings is 1. The number of anilines is 2. The standard InChI is InChI=1S/C19H25N7/c1-5-12-26-18(21-13-22-26)14(2)23-19-20-11-10-17(24-19)15-6-8-16(9-7-15)25(3)4/h6-11,13-14H,5,12H2,1-4H3,(H,20,23,24). The summed E-state index contributed by atoms with van der Waals surface area (Å²) in [5, 5.41) is 7.61. The minimum Gasteiger partial charge on any atom is -0.378 e. The third kappa shape index (κ3) is 3.99. The van der Waals surface area contributed by atoms with Crippen LogP contribution in [0.4, 0.5) is 11.6 Å². The fourth-order valence-electron chi connectivity index (χ4n) is 2.77. The van der Waals surface area contributed by atoms with Crippen molar-refractivity contribution >= 4 is 11.6 Å². The molecule has 0 fully saturated rings. The number of nitrogens with zero attached hydrogens (tertiary/aromatic N) is 6. The highest BCUT2D eigenvalue weighted by atomic mass is 15.3. The van der Waals surface area contributed by atoms with E-state index in [-0.39, 0.29) is 6.04 Å². The van der Waals surface area contributed by atoms with Crippen LogP contribution < -0.4 is 10.2 Å². The van der Waals surface area contributed by atoms with Crippen molar-refractivity contribution in [1.29, 1.82) is 0 Å². The minimum absolute atomic E-state index is 0.0320. The van der Waals surface area contributed by atoms with Crippen LogP contribution in [0, 0.1) is 0 Å². The first kappa shape index (κ1) is 17.8. The third-order valence-electron chi connectivity index (χ3n) is 4.15. The van der Waals surface area contributed by atoms with Gasteiger partial charge in [-0.25, -0.2) is 19.6 Å². The predicted molar refractivity (Wildman–Crippen MR) is 104 cm³/mol. The van der Waals surface area contributed by atoms with Gasteiger partial charge in [-0.05, 0) is 31.5 Å². The molecule has 2 aromatic heterocycles. The van der Waals surface area contributed by atoms with Crippen LogP contribution in [0.1, 0.15) is 32.1 Å². The number of nitrogens with one attached hydrogen (secondary N) is 1. The Labute approximate surface area is 154 Å². The summed E-state index contributed by atoms with van der Waals surface area (Å²) in [6.07, 6.45) is 4.37. The zero-order valence-electron chi connectivity index (χ0n) is 15.7. The van der Waals surface area contributed by atoms with Crippen LogP contribution >= 0.6 is 0 Å². The lowest BCUT2D eigenvalue weighted by Gasteiger charge is -2.15. The third-order valence-corrected chi connectivity index (χ3v) is 4.15. The van der Waals surface area contributed by atoms with E-state index >= 15 is 0 Å². The molecule has 2 heterocycles. The molecule has 3 aromatic rings. The monoisotopic (exact) mass is 351 g/mol. The molecule has 1 unspecified atom stereocenters. The fourth-order valence-corrected chi connectivity index (χ4v) is 2.77. The first-order valence-electron chi connectivity index (χ1n) is 8.83. The Morgan fingerprint density at radius 3 is 2.58 bits per heavy atom. The molecule has 0 aliphatic carbocycles. The van der Waals surface area contributed by atoms with Crippen molar-refractivity contribution in [3.8, 4) is 11.3 Å². The second-order valence-corrected chi connectivity index (χ2v) is 6.41. The smallest absolute Gasteiger partial charge is 0.223 e. The zero-order valence-corrected chi connectivity index (χ0v) is 15.7. The number of hydrogen-bond acceptors (Lipinski definition) is 6. The maximum atomic E-state index is 4.65.